The fraction of sp³-hybridized carbons (Fsp3) is 0.600. The Kier molecular flexibility index (Phi) is 3.14. The summed E-state index contributed by atoms with van der Waals surface area (Å²) in [6.45, 7) is 10.3. The average molecular weight is 245 g/mol. The highest BCUT2D eigenvalue weighted by atomic mass is 15.3. The van der Waals surface area contributed by atoms with Gasteiger partial charge < -0.3 is 5.73 Å². The molecule has 3 heteroatoms. The molecule has 3 aliphatic heterocycles. The van der Waals surface area contributed by atoms with Crippen molar-refractivity contribution >= 4 is 0 Å². The monoisotopic (exact) mass is 245 g/mol. The third kappa shape index (κ3) is 1.96. The third-order valence-corrected chi connectivity index (χ3v) is 4.74. The quantitative estimate of drug-likeness (QED) is 0.852. The number of piperazine rings is 3. The van der Waals surface area contributed by atoms with E-state index in [1.54, 1.807) is 0 Å². The Labute approximate surface area is 110 Å². The van der Waals surface area contributed by atoms with Gasteiger partial charge in [0.15, 0.2) is 0 Å². The lowest BCUT2D eigenvalue weighted by Crippen LogP contribution is -2.63. The molecule has 0 amide bonds. The van der Waals surface area contributed by atoms with Crippen molar-refractivity contribution in [2.75, 3.05) is 32.7 Å². The highest BCUT2D eigenvalue weighted by Crippen LogP contribution is 2.28. The molecule has 0 aliphatic carbocycles. The smallest absolute Gasteiger partial charge is 0.0468 e. The van der Waals surface area contributed by atoms with E-state index >= 15 is 0 Å². The summed E-state index contributed by atoms with van der Waals surface area (Å²) >= 11 is 0. The molecular formula is C15H23N3. The standard InChI is InChI=1S/C15H23N3/c1-11-4-3-5-13(12(11)2)15(16)14-10-17-6-8-18(14)9-7-17/h3-5,14-15H,6-10,16H2,1-2H3. The minimum Gasteiger partial charge on any atom is -0.323 e. The van der Waals surface area contributed by atoms with Gasteiger partial charge in [-0.3, -0.25) is 9.80 Å². The second kappa shape index (κ2) is 4.65. The number of rotatable bonds is 2. The topological polar surface area (TPSA) is 32.5 Å². The molecule has 2 unspecified atom stereocenters. The molecule has 3 saturated heterocycles. The van der Waals surface area contributed by atoms with Gasteiger partial charge in [0.05, 0.1) is 0 Å². The van der Waals surface area contributed by atoms with Gasteiger partial charge in [0.2, 0.25) is 0 Å². The molecule has 4 rings (SSSR count). The number of hydrogen-bond donors (Lipinski definition) is 1. The van der Waals surface area contributed by atoms with E-state index in [2.05, 4.69) is 41.8 Å². The summed E-state index contributed by atoms with van der Waals surface area (Å²) in [6, 6.07) is 7.14. The van der Waals surface area contributed by atoms with Crippen molar-refractivity contribution in [1.82, 2.24) is 9.80 Å². The van der Waals surface area contributed by atoms with Crippen molar-refractivity contribution in [2.45, 2.75) is 25.9 Å². The molecule has 98 valence electrons. The number of nitrogens with two attached hydrogens (primary N) is 1. The molecule has 2 atom stereocenters. The van der Waals surface area contributed by atoms with E-state index in [1.165, 1.54) is 42.9 Å². The minimum absolute atomic E-state index is 0.146. The molecule has 0 radical (unpaired) electrons. The van der Waals surface area contributed by atoms with E-state index in [0.29, 0.717) is 6.04 Å². The molecule has 3 nitrogen and oxygen atoms in total. The van der Waals surface area contributed by atoms with Gasteiger partial charge in [-0.1, -0.05) is 18.2 Å². The van der Waals surface area contributed by atoms with Gasteiger partial charge in [-0.05, 0) is 30.5 Å². The molecule has 3 aliphatic rings. The van der Waals surface area contributed by atoms with Crippen LogP contribution >= 0.6 is 0 Å². The molecule has 1 aromatic carbocycles. The van der Waals surface area contributed by atoms with E-state index < -0.39 is 0 Å². The average Bonchev–Trinajstić information content (AvgIpc) is 2.42. The highest BCUT2D eigenvalue weighted by molar-refractivity contribution is 5.36. The van der Waals surface area contributed by atoms with Crippen LogP contribution in [-0.4, -0.2) is 48.6 Å². The summed E-state index contributed by atoms with van der Waals surface area (Å²) in [4.78, 5) is 5.13. The molecule has 2 bridgehead atoms. The maximum atomic E-state index is 6.56. The lowest BCUT2D eigenvalue weighted by atomic mass is 9.90. The van der Waals surface area contributed by atoms with Crippen molar-refractivity contribution < 1.29 is 0 Å². The summed E-state index contributed by atoms with van der Waals surface area (Å²) in [5.74, 6) is 0. The van der Waals surface area contributed by atoms with Gasteiger partial charge in [-0.25, -0.2) is 0 Å². The van der Waals surface area contributed by atoms with Crippen LogP contribution < -0.4 is 5.73 Å². The fourth-order valence-electron chi connectivity index (χ4n) is 3.34. The van der Waals surface area contributed by atoms with E-state index in [-0.39, 0.29) is 6.04 Å². The number of benzene rings is 1. The lowest BCUT2D eigenvalue weighted by molar-refractivity contribution is 0.00206. The zero-order chi connectivity index (χ0) is 12.7. The Morgan fingerprint density at radius 3 is 2.50 bits per heavy atom. The maximum Gasteiger partial charge on any atom is 0.0468 e. The van der Waals surface area contributed by atoms with E-state index in [4.69, 9.17) is 5.73 Å². The fourth-order valence-corrected chi connectivity index (χ4v) is 3.34. The van der Waals surface area contributed by atoms with Crippen molar-refractivity contribution in [3.63, 3.8) is 0 Å². The summed E-state index contributed by atoms with van der Waals surface area (Å²) in [7, 11) is 0. The van der Waals surface area contributed by atoms with Crippen LogP contribution in [0.5, 0.6) is 0 Å². The Bertz CT molecular complexity index is 435. The van der Waals surface area contributed by atoms with Gasteiger partial charge in [0.25, 0.3) is 0 Å². The molecule has 0 aromatic heterocycles. The van der Waals surface area contributed by atoms with Crippen molar-refractivity contribution in [3.05, 3.63) is 34.9 Å². The first-order valence-electron chi connectivity index (χ1n) is 6.95. The van der Waals surface area contributed by atoms with E-state index in [9.17, 15) is 0 Å². The Hall–Kier alpha value is -0.900. The molecular weight excluding hydrogens is 222 g/mol. The van der Waals surface area contributed by atoms with Gasteiger partial charge in [-0.2, -0.15) is 0 Å². The first kappa shape index (κ1) is 12.2. The van der Waals surface area contributed by atoms with Gasteiger partial charge in [0.1, 0.15) is 0 Å². The highest BCUT2D eigenvalue weighted by Gasteiger charge is 2.36. The van der Waals surface area contributed by atoms with E-state index in [1.807, 2.05) is 0 Å². The second-order valence-electron chi connectivity index (χ2n) is 5.72. The van der Waals surface area contributed by atoms with Crippen molar-refractivity contribution in [3.8, 4) is 0 Å². The summed E-state index contributed by atoms with van der Waals surface area (Å²) < 4.78 is 0. The predicted octanol–water partition coefficient (Wildman–Crippen LogP) is 1.30. The first-order chi connectivity index (χ1) is 8.66. The van der Waals surface area contributed by atoms with Crippen LogP contribution in [0.3, 0.4) is 0 Å². The van der Waals surface area contributed by atoms with Gasteiger partial charge >= 0.3 is 0 Å². The number of nitrogens with zero attached hydrogens (tertiary/aromatic N) is 2. The van der Waals surface area contributed by atoms with Crippen LogP contribution in [0.25, 0.3) is 0 Å². The molecule has 2 N–H and O–H groups in total. The van der Waals surface area contributed by atoms with Crippen LogP contribution in [-0.2, 0) is 0 Å². The first-order valence-corrected chi connectivity index (χ1v) is 6.95. The molecule has 18 heavy (non-hydrogen) atoms. The van der Waals surface area contributed by atoms with E-state index in [0.717, 1.165) is 6.54 Å². The number of aryl methyl sites for hydroxylation is 1. The Morgan fingerprint density at radius 1 is 1.17 bits per heavy atom. The number of fused-ring (bicyclic) bond motifs is 3. The molecule has 3 fully saturated rings. The summed E-state index contributed by atoms with van der Waals surface area (Å²) in [5, 5.41) is 0. The van der Waals surface area contributed by atoms with Crippen LogP contribution in [0.4, 0.5) is 0 Å². The van der Waals surface area contributed by atoms with Crippen molar-refractivity contribution in [2.24, 2.45) is 5.73 Å². The predicted molar refractivity (Wildman–Crippen MR) is 74.6 cm³/mol. The van der Waals surface area contributed by atoms with Crippen LogP contribution in [0.2, 0.25) is 0 Å². The zero-order valence-electron chi connectivity index (χ0n) is 11.4. The zero-order valence-corrected chi connectivity index (χ0v) is 11.4. The maximum absolute atomic E-state index is 6.56. The third-order valence-electron chi connectivity index (χ3n) is 4.74. The molecule has 0 saturated carbocycles. The summed E-state index contributed by atoms with van der Waals surface area (Å²) in [5.41, 5.74) is 10.6. The van der Waals surface area contributed by atoms with Gasteiger partial charge in [-0.15, -0.1) is 0 Å². The molecule has 3 heterocycles. The molecule has 0 spiro atoms. The summed E-state index contributed by atoms with van der Waals surface area (Å²) in [6.07, 6.45) is 0. The number of hydrogen-bond acceptors (Lipinski definition) is 3. The second-order valence-corrected chi connectivity index (χ2v) is 5.72. The van der Waals surface area contributed by atoms with Crippen LogP contribution in [0, 0.1) is 13.8 Å². The Morgan fingerprint density at radius 2 is 1.89 bits per heavy atom. The Balaban J connectivity index is 1.86. The van der Waals surface area contributed by atoms with Gasteiger partial charge in [0, 0.05) is 44.8 Å². The van der Waals surface area contributed by atoms with Crippen LogP contribution in [0.15, 0.2) is 18.2 Å². The minimum atomic E-state index is 0.146. The SMILES string of the molecule is Cc1cccc(C(N)C2CN3CCN2CC3)c1C. The van der Waals surface area contributed by atoms with Crippen molar-refractivity contribution in [1.29, 1.82) is 0 Å². The largest absolute Gasteiger partial charge is 0.323 e. The lowest BCUT2D eigenvalue weighted by Gasteiger charge is -2.49. The molecule has 1 aromatic rings. The normalized spacial score (nSPS) is 32.5. The van der Waals surface area contributed by atoms with Crippen LogP contribution in [0.1, 0.15) is 22.7 Å².